The van der Waals surface area contributed by atoms with E-state index in [9.17, 15) is 9.59 Å². The Kier molecular flexibility index (Phi) is 12.0. The van der Waals surface area contributed by atoms with Crippen LogP contribution in [-0.4, -0.2) is 91.9 Å². The first-order valence-corrected chi connectivity index (χ1v) is 19.3. The first-order valence-electron chi connectivity index (χ1n) is 17.0. The van der Waals surface area contributed by atoms with Crippen molar-refractivity contribution in [3.8, 4) is 0 Å². The van der Waals surface area contributed by atoms with Crippen LogP contribution in [0.5, 0.6) is 0 Å². The standard InChI is InChI=1S/C36H48BrClIN5O6/c1-34(2,3)49-32(45)42(17-14-22-10-12-24(39)13-11-22)15-9-16-43(33(46)50-35(4,5)6)19-23-18-26(29-28(23)47-36(7,8)48-29)44-20-25(37)27-30(38)40-21-41-31(27)44/h10-13,20-21,23,26,28-29H,9,14-19H2,1-8H3/t23-,26-,28-,29+/m1/s1. The highest BCUT2D eigenvalue weighted by Crippen LogP contribution is 2.49. The number of benzene rings is 1. The number of amides is 2. The molecule has 5 rings (SSSR count). The number of rotatable bonds is 10. The quantitative estimate of drug-likeness (QED) is 0.147. The zero-order chi connectivity index (χ0) is 36.6. The number of aromatic nitrogens is 3. The molecule has 0 unspecified atom stereocenters. The van der Waals surface area contributed by atoms with Crippen LogP contribution in [0.15, 0.2) is 41.3 Å². The summed E-state index contributed by atoms with van der Waals surface area (Å²) in [5.74, 6) is -0.878. The molecule has 1 aliphatic carbocycles. The molecule has 0 N–H and O–H groups in total. The van der Waals surface area contributed by atoms with Gasteiger partial charge in [0, 0.05) is 46.3 Å². The van der Waals surface area contributed by atoms with Gasteiger partial charge in [-0.1, -0.05) is 23.7 Å². The van der Waals surface area contributed by atoms with Crippen molar-refractivity contribution in [2.45, 2.75) is 110 Å². The van der Waals surface area contributed by atoms with Crippen molar-refractivity contribution in [1.82, 2.24) is 24.3 Å². The van der Waals surface area contributed by atoms with E-state index in [1.807, 2.05) is 61.6 Å². The van der Waals surface area contributed by atoms with Crippen molar-refractivity contribution in [3.05, 3.63) is 55.5 Å². The molecule has 3 aromatic rings. The Morgan fingerprint density at radius 3 is 2.22 bits per heavy atom. The van der Waals surface area contributed by atoms with E-state index >= 15 is 0 Å². The maximum absolute atomic E-state index is 13.8. The molecule has 0 radical (unpaired) electrons. The topological polar surface area (TPSA) is 108 Å². The number of nitrogens with zero attached hydrogens (tertiary/aromatic N) is 5. The summed E-state index contributed by atoms with van der Waals surface area (Å²) in [6.07, 6.45) is 3.97. The van der Waals surface area contributed by atoms with Gasteiger partial charge in [-0.15, -0.1) is 0 Å². The average molecular weight is 889 g/mol. The van der Waals surface area contributed by atoms with E-state index in [0.717, 1.165) is 19.0 Å². The molecular weight excluding hydrogens is 841 g/mol. The van der Waals surface area contributed by atoms with Gasteiger partial charge in [-0.3, -0.25) is 0 Å². The summed E-state index contributed by atoms with van der Waals surface area (Å²) in [5.41, 5.74) is 0.519. The van der Waals surface area contributed by atoms with E-state index in [4.69, 9.17) is 30.5 Å². The minimum Gasteiger partial charge on any atom is -0.444 e. The van der Waals surface area contributed by atoms with Crippen molar-refractivity contribution < 1.29 is 28.5 Å². The second-order valence-corrected chi connectivity index (χ2v) is 18.0. The average Bonchev–Trinajstić information content (AvgIpc) is 3.61. The smallest absolute Gasteiger partial charge is 0.410 e. The van der Waals surface area contributed by atoms with Gasteiger partial charge in [0.25, 0.3) is 0 Å². The number of carbonyl (C=O) groups excluding carboxylic acids is 2. The molecule has 50 heavy (non-hydrogen) atoms. The third kappa shape index (κ3) is 9.81. The molecule has 4 atom stereocenters. The van der Waals surface area contributed by atoms with E-state index in [1.54, 1.807) is 9.80 Å². The fourth-order valence-electron chi connectivity index (χ4n) is 6.62. The molecule has 3 heterocycles. The lowest BCUT2D eigenvalue weighted by molar-refractivity contribution is -0.160. The van der Waals surface area contributed by atoms with Crippen molar-refractivity contribution >= 4 is 73.3 Å². The van der Waals surface area contributed by atoms with Gasteiger partial charge in [-0.2, -0.15) is 0 Å². The molecule has 1 aromatic carbocycles. The predicted molar refractivity (Wildman–Crippen MR) is 204 cm³/mol. The lowest BCUT2D eigenvalue weighted by atomic mass is 10.0. The second kappa shape index (κ2) is 15.4. The monoisotopic (exact) mass is 887 g/mol. The fraction of sp³-hybridized carbons (Fsp3) is 0.611. The Balaban J connectivity index is 1.35. The van der Waals surface area contributed by atoms with Gasteiger partial charge in [0.15, 0.2) is 5.79 Å². The second-order valence-electron chi connectivity index (χ2n) is 15.5. The molecule has 11 nitrogen and oxygen atoms in total. The number of fused-ring (bicyclic) bond motifs is 2. The summed E-state index contributed by atoms with van der Waals surface area (Å²) >= 11 is 12.4. The molecule has 1 saturated carbocycles. The number of hydrogen-bond donors (Lipinski definition) is 0. The van der Waals surface area contributed by atoms with Crippen molar-refractivity contribution in [1.29, 1.82) is 0 Å². The molecule has 1 aliphatic heterocycles. The molecule has 2 aliphatic rings. The lowest BCUT2D eigenvalue weighted by Gasteiger charge is -2.32. The molecular formula is C36H48BrClIN5O6. The van der Waals surface area contributed by atoms with Crippen LogP contribution in [0.1, 0.15) is 79.8 Å². The Bertz CT molecular complexity index is 1670. The first-order chi connectivity index (χ1) is 23.3. The third-order valence-corrected chi connectivity index (χ3v) is 10.2. The zero-order valence-corrected chi connectivity index (χ0v) is 34.5. The van der Waals surface area contributed by atoms with Gasteiger partial charge in [0.05, 0.1) is 17.5 Å². The first kappa shape index (κ1) is 39.0. The highest BCUT2D eigenvalue weighted by molar-refractivity contribution is 14.1. The van der Waals surface area contributed by atoms with Gasteiger partial charge >= 0.3 is 12.2 Å². The van der Waals surface area contributed by atoms with Crippen LogP contribution >= 0.6 is 50.1 Å². The summed E-state index contributed by atoms with van der Waals surface area (Å²) in [7, 11) is 0. The van der Waals surface area contributed by atoms with E-state index in [1.165, 1.54) is 6.33 Å². The highest BCUT2D eigenvalue weighted by Gasteiger charge is 2.55. The molecule has 2 aromatic heterocycles. The van der Waals surface area contributed by atoms with Crippen LogP contribution in [0.2, 0.25) is 5.15 Å². The highest BCUT2D eigenvalue weighted by atomic mass is 127. The summed E-state index contributed by atoms with van der Waals surface area (Å²) in [5, 5.41) is 1.10. The molecule has 1 saturated heterocycles. The van der Waals surface area contributed by atoms with Crippen LogP contribution in [0.4, 0.5) is 9.59 Å². The Labute approximate surface area is 322 Å². The number of carbonyl (C=O) groups is 2. The largest absolute Gasteiger partial charge is 0.444 e. The Morgan fingerprint density at radius 2 is 1.58 bits per heavy atom. The minimum absolute atomic E-state index is 0.0735. The Hall–Kier alpha value is -2.20. The van der Waals surface area contributed by atoms with Crippen LogP contribution in [0.25, 0.3) is 11.0 Å². The predicted octanol–water partition coefficient (Wildman–Crippen LogP) is 8.64. The van der Waals surface area contributed by atoms with Gasteiger partial charge in [-0.25, -0.2) is 19.6 Å². The van der Waals surface area contributed by atoms with E-state index in [2.05, 4.69) is 77.3 Å². The molecule has 2 fully saturated rings. The number of ether oxygens (including phenoxy) is 4. The fourth-order valence-corrected chi connectivity index (χ4v) is 7.91. The molecule has 14 heteroatoms. The maximum Gasteiger partial charge on any atom is 0.410 e. The van der Waals surface area contributed by atoms with E-state index < -0.39 is 23.1 Å². The number of halogens is 3. The molecule has 0 spiro atoms. The molecule has 274 valence electrons. The molecule has 0 bridgehead atoms. The van der Waals surface area contributed by atoms with Gasteiger partial charge in [-0.05, 0) is 131 Å². The van der Waals surface area contributed by atoms with Gasteiger partial charge in [0.2, 0.25) is 0 Å². The van der Waals surface area contributed by atoms with Crippen LogP contribution in [-0.2, 0) is 25.4 Å². The summed E-state index contributed by atoms with van der Waals surface area (Å²) in [4.78, 5) is 39.3. The van der Waals surface area contributed by atoms with Gasteiger partial charge < -0.3 is 33.3 Å². The Morgan fingerprint density at radius 1 is 0.980 bits per heavy atom. The van der Waals surface area contributed by atoms with E-state index in [-0.39, 0.29) is 30.3 Å². The summed E-state index contributed by atoms with van der Waals surface area (Å²) < 4.78 is 28.7. The third-order valence-electron chi connectivity index (χ3n) is 8.62. The lowest BCUT2D eigenvalue weighted by Crippen LogP contribution is -2.44. The molecule has 2 amide bonds. The van der Waals surface area contributed by atoms with Crippen molar-refractivity contribution in [3.63, 3.8) is 0 Å². The van der Waals surface area contributed by atoms with Crippen LogP contribution in [0.3, 0.4) is 0 Å². The summed E-state index contributed by atoms with van der Waals surface area (Å²) in [6.45, 7) is 16.7. The normalized spacial score (nSPS) is 21.7. The van der Waals surface area contributed by atoms with Crippen LogP contribution in [0, 0.1) is 9.49 Å². The maximum atomic E-state index is 13.8. The number of hydrogen-bond acceptors (Lipinski definition) is 8. The van der Waals surface area contributed by atoms with Gasteiger partial charge in [0.1, 0.15) is 34.4 Å². The van der Waals surface area contributed by atoms with Crippen molar-refractivity contribution in [2.75, 3.05) is 26.2 Å². The van der Waals surface area contributed by atoms with Crippen molar-refractivity contribution in [2.24, 2.45) is 5.92 Å². The minimum atomic E-state index is -0.805. The summed E-state index contributed by atoms with van der Waals surface area (Å²) in [6, 6.07) is 8.15. The zero-order valence-electron chi connectivity index (χ0n) is 30.0. The SMILES string of the molecule is CC(C)(C)OC(=O)N(CCCN(C[C@H]1C[C@@H](n2cc(Br)c3c(Cl)ncnc32)[C@@H]2OC(C)(C)O[C@H]12)C(=O)OC(C)(C)C)CCc1ccc(I)cc1. The van der Waals surface area contributed by atoms with Crippen LogP contribution < -0.4 is 0 Å². The van der Waals surface area contributed by atoms with E-state index in [0.29, 0.717) is 56.2 Å².